The maximum Gasteiger partial charge on any atom is 0.217 e. The normalized spacial score (nSPS) is 10.3. The fourth-order valence-corrected chi connectivity index (χ4v) is 1.39. The van der Waals surface area contributed by atoms with Gasteiger partial charge in [-0.1, -0.05) is 25.6 Å². The van der Waals surface area contributed by atoms with Gasteiger partial charge in [-0.25, -0.2) is 8.42 Å². The van der Waals surface area contributed by atoms with Gasteiger partial charge in [0.1, 0.15) is 12.4 Å². The molecule has 3 N–H and O–H groups in total. The Morgan fingerprint density at radius 1 is 1.30 bits per heavy atom. The summed E-state index contributed by atoms with van der Waals surface area (Å²) in [5, 5.41) is 0. The van der Waals surface area contributed by atoms with Gasteiger partial charge in [-0.05, 0) is 30.2 Å². The number of benzene rings is 1. The summed E-state index contributed by atoms with van der Waals surface area (Å²) in [6, 6.07) is 7.40. The number of rotatable bonds is 7. The van der Waals surface area contributed by atoms with E-state index in [4.69, 9.17) is 4.74 Å². The topological polar surface area (TPSA) is 103 Å². The predicted octanol–water partition coefficient (Wildman–Crippen LogP) is 0.519. The van der Waals surface area contributed by atoms with E-state index in [0.29, 0.717) is 5.75 Å². The fourth-order valence-electron chi connectivity index (χ4n) is 1.12. The molecule has 1 aromatic carbocycles. The summed E-state index contributed by atoms with van der Waals surface area (Å²) < 4.78 is 39.4. The van der Waals surface area contributed by atoms with Crippen LogP contribution in [-0.2, 0) is 21.0 Å². The van der Waals surface area contributed by atoms with Crippen LogP contribution < -0.4 is 10.5 Å². The minimum Gasteiger partial charge on any atom is -0.726 e. The van der Waals surface area contributed by atoms with Crippen molar-refractivity contribution < 1.29 is 27.6 Å². The largest absolute Gasteiger partial charge is 0.726 e. The number of hydrogen-bond donors (Lipinski definition) is 1. The molecule has 0 aromatic heterocycles. The van der Waals surface area contributed by atoms with Crippen LogP contribution in [0.25, 0.3) is 0 Å². The molecule has 0 spiro atoms. The van der Waals surface area contributed by atoms with Crippen molar-refractivity contribution in [3.8, 4) is 5.75 Å². The Hall–Kier alpha value is -1.41. The average Bonchev–Trinajstić information content (AvgIpc) is 2.43. The second-order valence-electron chi connectivity index (χ2n) is 3.65. The van der Waals surface area contributed by atoms with E-state index in [2.05, 4.69) is 16.5 Å². The zero-order valence-corrected chi connectivity index (χ0v) is 12.4. The number of ether oxygens (including phenoxy) is 1. The van der Waals surface area contributed by atoms with Crippen LogP contribution >= 0.6 is 0 Å². The summed E-state index contributed by atoms with van der Waals surface area (Å²) >= 11 is 0. The molecule has 7 heteroatoms. The lowest BCUT2D eigenvalue weighted by Crippen LogP contribution is -2.48. The van der Waals surface area contributed by atoms with Gasteiger partial charge < -0.3 is 15.0 Å². The highest BCUT2D eigenvalue weighted by Crippen LogP contribution is 2.12. The lowest BCUT2D eigenvalue weighted by atomic mass is 10.2. The Morgan fingerprint density at radius 3 is 2.25 bits per heavy atom. The van der Waals surface area contributed by atoms with Crippen molar-refractivity contribution in [2.45, 2.75) is 13.3 Å². The first-order valence-corrected chi connectivity index (χ1v) is 7.48. The monoisotopic (exact) mass is 303 g/mol. The summed E-state index contributed by atoms with van der Waals surface area (Å²) in [5.74, 6) is 0.615. The molecule has 20 heavy (non-hydrogen) atoms. The van der Waals surface area contributed by atoms with Crippen molar-refractivity contribution >= 4 is 10.4 Å². The summed E-state index contributed by atoms with van der Waals surface area (Å²) in [7, 11) is -4.62. The van der Waals surface area contributed by atoms with E-state index in [0.717, 1.165) is 13.0 Å². The molecular formula is C13H21NO5S. The maximum absolute atomic E-state index is 10.1. The average molecular weight is 303 g/mol. The maximum atomic E-state index is 10.1. The van der Waals surface area contributed by atoms with Crippen LogP contribution in [0.4, 0.5) is 0 Å². The van der Waals surface area contributed by atoms with Gasteiger partial charge >= 0.3 is 0 Å². The van der Waals surface area contributed by atoms with Crippen molar-refractivity contribution in [2.24, 2.45) is 0 Å². The van der Waals surface area contributed by atoms with Crippen molar-refractivity contribution in [3.63, 3.8) is 0 Å². The Balaban J connectivity index is 0.000000796. The smallest absolute Gasteiger partial charge is 0.217 e. The number of hydrogen-bond acceptors (Lipinski definition) is 5. The van der Waals surface area contributed by atoms with Crippen molar-refractivity contribution in [2.75, 3.05) is 19.8 Å². The molecule has 0 saturated carbocycles. The molecule has 0 radical (unpaired) electrons. The SMILES string of the molecule is C=CC[NH3+].CCc1ccc(OCCOS(=O)(=O)[O-])cc1. The van der Waals surface area contributed by atoms with Crippen LogP contribution in [0.3, 0.4) is 0 Å². The van der Waals surface area contributed by atoms with E-state index >= 15 is 0 Å². The first-order valence-electron chi connectivity index (χ1n) is 6.15. The third-order valence-electron chi connectivity index (χ3n) is 2.12. The Kier molecular flexibility index (Phi) is 9.65. The van der Waals surface area contributed by atoms with Crippen molar-refractivity contribution in [3.05, 3.63) is 42.5 Å². The van der Waals surface area contributed by atoms with Gasteiger partial charge in [-0.2, -0.15) is 0 Å². The first kappa shape index (κ1) is 18.6. The Labute approximate surface area is 120 Å². The molecule has 0 heterocycles. The van der Waals surface area contributed by atoms with Crippen LogP contribution in [0, 0.1) is 0 Å². The molecule has 6 nitrogen and oxygen atoms in total. The predicted molar refractivity (Wildman–Crippen MR) is 74.9 cm³/mol. The molecule has 0 unspecified atom stereocenters. The summed E-state index contributed by atoms with van der Waals surface area (Å²) in [5.41, 5.74) is 4.67. The van der Waals surface area contributed by atoms with Crippen LogP contribution in [0.15, 0.2) is 36.9 Å². The molecule has 0 atom stereocenters. The van der Waals surface area contributed by atoms with Gasteiger partial charge in [0.05, 0.1) is 13.2 Å². The lowest BCUT2D eigenvalue weighted by Gasteiger charge is -2.09. The molecule has 1 aromatic rings. The molecular weight excluding hydrogens is 282 g/mol. The van der Waals surface area contributed by atoms with Crippen LogP contribution in [-0.4, -0.2) is 32.7 Å². The first-order chi connectivity index (χ1) is 9.42. The summed E-state index contributed by atoms with van der Waals surface area (Å²) in [6.45, 7) is 6.04. The highest BCUT2D eigenvalue weighted by Gasteiger charge is 1.97. The van der Waals surface area contributed by atoms with Gasteiger partial charge in [0, 0.05) is 0 Å². The highest BCUT2D eigenvalue weighted by molar-refractivity contribution is 7.80. The van der Waals surface area contributed by atoms with Gasteiger partial charge in [0.15, 0.2) is 0 Å². The van der Waals surface area contributed by atoms with Crippen LogP contribution in [0.1, 0.15) is 12.5 Å². The zero-order valence-electron chi connectivity index (χ0n) is 11.6. The van der Waals surface area contributed by atoms with Crippen LogP contribution in [0.5, 0.6) is 5.75 Å². The zero-order chi connectivity index (χ0) is 15.4. The molecule has 0 fully saturated rings. The third kappa shape index (κ3) is 10.5. The van der Waals surface area contributed by atoms with Crippen LogP contribution in [0.2, 0.25) is 0 Å². The van der Waals surface area contributed by atoms with Gasteiger partial charge in [-0.15, -0.1) is 0 Å². The number of quaternary nitrogens is 1. The second kappa shape index (κ2) is 10.4. The molecule has 0 aliphatic heterocycles. The number of aryl methyl sites for hydroxylation is 1. The summed E-state index contributed by atoms with van der Waals surface area (Å²) in [4.78, 5) is 0. The minimum atomic E-state index is -4.62. The van der Waals surface area contributed by atoms with E-state index in [9.17, 15) is 13.0 Å². The van der Waals surface area contributed by atoms with Gasteiger partial charge in [-0.3, -0.25) is 4.18 Å². The Morgan fingerprint density at radius 2 is 1.85 bits per heavy atom. The second-order valence-corrected chi connectivity index (χ2v) is 4.71. The fraction of sp³-hybridized carbons (Fsp3) is 0.385. The molecule has 114 valence electrons. The summed E-state index contributed by atoms with van der Waals surface area (Å²) in [6.07, 6.45) is 2.71. The molecule has 0 aliphatic carbocycles. The molecule has 0 amide bonds. The van der Waals surface area contributed by atoms with Crippen molar-refractivity contribution in [1.29, 1.82) is 0 Å². The third-order valence-corrected chi connectivity index (χ3v) is 2.57. The van der Waals surface area contributed by atoms with Crippen molar-refractivity contribution in [1.82, 2.24) is 0 Å². The standard InChI is InChI=1S/C10H14O5S.C3H7N/c1-2-9-3-5-10(6-4-9)14-7-8-15-16(11,12)13;1-2-3-4/h3-6H,2,7-8H2,1H3,(H,11,12,13);2H,1,3-4H2. The molecule has 0 aliphatic rings. The Bertz CT molecular complexity index is 470. The van der Waals surface area contributed by atoms with E-state index in [-0.39, 0.29) is 13.2 Å². The lowest BCUT2D eigenvalue weighted by molar-refractivity contribution is -0.352. The molecule has 0 saturated heterocycles. The van der Waals surface area contributed by atoms with E-state index in [1.54, 1.807) is 18.2 Å². The van der Waals surface area contributed by atoms with Gasteiger partial charge in [0.25, 0.3) is 0 Å². The van der Waals surface area contributed by atoms with Gasteiger partial charge in [0.2, 0.25) is 10.4 Å². The molecule has 1 rings (SSSR count). The van der Waals surface area contributed by atoms with E-state index in [1.807, 2.05) is 19.1 Å². The van der Waals surface area contributed by atoms with E-state index in [1.165, 1.54) is 5.56 Å². The highest BCUT2D eigenvalue weighted by atomic mass is 32.3. The quantitative estimate of drug-likeness (QED) is 0.342. The minimum absolute atomic E-state index is 0.0208. The van der Waals surface area contributed by atoms with E-state index < -0.39 is 10.4 Å². The molecule has 0 bridgehead atoms.